The molecule has 0 radical (unpaired) electrons. The van der Waals surface area contributed by atoms with Crippen molar-refractivity contribution in [2.45, 2.75) is 12.8 Å². The zero-order valence-electron chi connectivity index (χ0n) is 23.7. The van der Waals surface area contributed by atoms with Gasteiger partial charge in [-0.2, -0.15) is 0 Å². The molecule has 0 spiro atoms. The van der Waals surface area contributed by atoms with E-state index in [4.69, 9.17) is 0 Å². The smallest absolute Gasteiger partial charge is 0.317 e. The Bertz CT molecular complexity index is 661. The average molecular weight is 544 g/mol. The Labute approximate surface area is 227 Å². The molecule has 0 aliphatic carbocycles. The summed E-state index contributed by atoms with van der Waals surface area (Å²) in [6.45, 7) is 5.98. The van der Waals surface area contributed by atoms with Gasteiger partial charge in [-0.25, -0.2) is 0 Å². The highest BCUT2D eigenvalue weighted by molar-refractivity contribution is 5.80. The quantitative estimate of drug-likeness (QED) is 0.210. The van der Waals surface area contributed by atoms with Crippen molar-refractivity contribution in [3.8, 4) is 0 Å². The number of carbonyl (C=O) groups is 4. The molecule has 13 nitrogen and oxygen atoms in total. The third kappa shape index (κ3) is 17.4. The van der Waals surface area contributed by atoms with Gasteiger partial charge in [0, 0.05) is 71.9 Å². The van der Waals surface area contributed by atoms with Crippen molar-refractivity contribution in [3.05, 3.63) is 0 Å². The largest absolute Gasteiger partial charge is 0.480 e. The van der Waals surface area contributed by atoms with Crippen LogP contribution in [0.15, 0.2) is 0 Å². The van der Waals surface area contributed by atoms with Gasteiger partial charge >= 0.3 is 11.9 Å². The first-order chi connectivity index (χ1) is 17.9. The Kier molecular flexibility index (Phi) is 16.9. The van der Waals surface area contributed by atoms with Crippen molar-refractivity contribution in [1.82, 2.24) is 34.7 Å². The summed E-state index contributed by atoms with van der Waals surface area (Å²) < 4.78 is 0. The fraction of sp³-hybridized carbons (Fsp3) is 0.840. The van der Waals surface area contributed by atoms with Crippen LogP contribution in [0.5, 0.6) is 0 Å². The van der Waals surface area contributed by atoms with Crippen LogP contribution in [0.2, 0.25) is 0 Å². The molecular weight excluding hydrogens is 494 g/mol. The summed E-state index contributed by atoms with van der Waals surface area (Å²) in [4.78, 5) is 59.8. The van der Waals surface area contributed by atoms with Crippen LogP contribution in [-0.2, 0) is 19.2 Å². The number of likely N-dealkylation sites (N-methyl/N-ethyl adjacent to an activating group) is 1. The lowest BCUT2D eigenvalue weighted by Crippen LogP contribution is -2.50. The highest BCUT2D eigenvalue weighted by atomic mass is 16.4. The molecule has 3 N–H and O–H groups in total. The molecule has 1 saturated heterocycles. The SMILES string of the molecule is CN(C)CCCC(=O)CN1CCN(CC(=O)O)CCN(CC(=O)NCCN(C)C)CCN(CC(=O)O)CC1. The summed E-state index contributed by atoms with van der Waals surface area (Å²) in [5.41, 5.74) is 0. The van der Waals surface area contributed by atoms with E-state index in [-0.39, 0.29) is 37.9 Å². The van der Waals surface area contributed by atoms with Gasteiger partial charge in [0.15, 0.2) is 0 Å². The highest BCUT2D eigenvalue weighted by Gasteiger charge is 2.21. The molecule has 13 heteroatoms. The normalized spacial score (nSPS) is 17.7. The van der Waals surface area contributed by atoms with Crippen molar-refractivity contribution in [2.75, 3.05) is 126 Å². The van der Waals surface area contributed by atoms with Gasteiger partial charge in [-0.15, -0.1) is 0 Å². The van der Waals surface area contributed by atoms with Crippen LogP contribution >= 0.6 is 0 Å². The minimum Gasteiger partial charge on any atom is -0.480 e. The first-order valence-corrected chi connectivity index (χ1v) is 13.4. The fourth-order valence-corrected chi connectivity index (χ4v) is 4.19. The molecule has 1 rings (SSSR count). The molecule has 38 heavy (non-hydrogen) atoms. The molecule has 0 bridgehead atoms. The van der Waals surface area contributed by atoms with E-state index >= 15 is 0 Å². The highest BCUT2D eigenvalue weighted by Crippen LogP contribution is 2.03. The number of carboxylic acids is 2. The molecule has 1 amide bonds. The Balaban J connectivity index is 2.89. The first-order valence-electron chi connectivity index (χ1n) is 13.4. The molecule has 0 aromatic rings. The molecular formula is C25H49N7O6. The van der Waals surface area contributed by atoms with Crippen LogP contribution in [0, 0.1) is 0 Å². The topological polar surface area (TPSA) is 140 Å². The van der Waals surface area contributed by atoms with Crippen molar-refractivity contribution < 1.29 is 29.4 Å². The van der Waals surface area contributed by atoms with E-state index in [9.17, 15) is 29.4 Å². The molecule has 220 valence electrons. The Morgan fingerprint density at radius 1 is 0.632 bits per heavy atom. The number of carbonyl (C=O) groups excluding carboxylic acids is 2. The van der Waals surface area contributed by atoms with Crippen LogP contribution in [0.1, 0.15) is 12.8 Å². The first kappa shape index (κ1) is 33.9. The minimum absolute atomic E-state index is 0.118. The number of hydrogen-bond donors (Lipinski definition) is 3. The van der Waals surface area contributed by atoms with Gasteiger partial charge in [0.2, 0.25) is 5.91 Å². The lowest BCUT2D eigenvalue weighted by Gasteiger charge is -2.33. The summed E-state index contributed by atoms with van der Waals surface area (Å²) in [5, 5.41) is 21.7. The summed E-state index contributed by atoms with van der Waals surface area (Å²) in [5.74, 6) is -1.85. The Hall–Kier alpha value is -2.16. The van der Waals surface area contributed by atoms with Crippen LogP contribution in [0.4, 0.5) is 0 Å². The summed E-state index contributed by atoms with van der Waals surface area (Å²) in [6.07, 6.45) is 1.24. The van der Waals surface area contributed by atoms with Crippen molar-refractivity contribution >= 4 is 23.6 Å². The fourth-order valence-electron chi connectivity index (χ4n) is 4.19. The van der Waals surface area contributed by atoms with Crippen LogP contribution in [-0.4, -0.2) is 190 Å². The Morgan fingerprint density at radius 3 is 1.42 bits per heavy atom. The molecule has 1 heterocycles. The lowest BCUT2D eigenvalue weighted by molar-refractivity contribution is -0.139. The maximum atomic E-state index is 12.6. The molecule has 0 aromatic carbocycles. The number of carboxylic acid groups (broad SMARTS) is 2. The number of rotatable bonds is 15. The van der Waals surface area contributed by atoms with Gasteiger partial charge in [0.1, 0.15) is 5.78 Å². The van der Waals surface area contributed by atoms with Crippen LogP contribution in [0.25, 0.3) is 0 Å². The third-order valence-corrected chi connectivity index (χ3v) is 6.36. The lowest BCUT2D eigenvalue weighted by atomic mass is 10.2. The van der Waals surface area contributed by atoms with Crippen LogP contribution in [0.3, 0.4) is 0 Å². The van der Waals surface area contributed by atoms with Crippen LogP contribution < -0.4 is 5.32 Å². The summed E-state index contributed by atoms with van der Waals surface area (Å²) in [7, 11) is 7.79. The zero-order chi connectivity index (χ0) is 28.5. The van der Waals surface area contributed by atoms with Gasteiger partial charge in [-0.1, -0.05) is 0 Å². The maximum absolute atomic E-state index is 12.6. The van der Waals surface area contributed by atoms with Gasteiger partial charge in [0.25, 0.3) is 0 Å². The van der Waals surface area contributed by atoms with E-state index in [0.29, 0.717) is 65.3 Å². The average Bonchev–Trinajstić information content (AvgIpc) is 2.79. The second kappa shape index (κ2) is 19.0. The standard InChI is InChI=1S/C25H49N7O6/c1-27(2)8-5-6-22(33)18-29-10-14-31(20-24(35)36)16-12-30(19-23(34)26-7-9-28(3)4)13-17-32(15-11-29)21-25(37)38/h5-21H2,1-4H3,(H,26,34)(H,35,36)(H,37,38). The van der Waals surface area contributed by atoms with E-state index in [1.165, 1.54) is 0 Å². The summed E-state index contributed by atoms with van der Waals surface area (Å²) >= 11 is 0. The molecule has 1 aliphatic heterocycles. The minimum atomic E-state index is -0.927. The van der Waals surface area contributed by atoms with Crippen molar-refractivity contribution in [1.29, 1.82) is 0 Å². The predicted octanol–water partition coefficient (Wildman–Crippen LogP) is -2.03. The zero-order valence-corrected chi connectivity index (χ0v) is 23.7. The second-order valence-corrected chi connectivity index (χ2v) is 10.5. The number of Topliss-reactive ketones (excluding diaryl/α,β-unsaturated/α-hetero) is 1. The van der Waals surface area contributed by atoms with E-state index in [1.807, 2.05) is 57.6 Å². The van der Waals surface area contributed by atoms with Gasteiger partial charge in [0.05, 0.1) is 26.2 Å². The molecule has 1 aliphatic rings. The van der Waals surface area contributed by atoms with E-state index in [2.05, 4.69) is 5.32 Å². The van der Waals surface area contributed by atoms with E-state index in [0.717, 1.165) is 19.5 Å². The van der Waals surface area contributed by atoms with Gasteiger partial charge < -0.3 is 25.3 Å². The summed E-state index contributed by atoms with van der Waals surface area (Å²) in [6, 6.07) is 0. The molecule has 0 saturated carbocycles. The van der Waals surface area contributed by atoms with Gasteiger partial charge in [-0.05, 0) is 41.2 Å². The number of nitrogens with zero attached hydrogens (tertiary/aromatic N) is 6. The number of hydrogen-bond acceptors (Lipinski definition) is 10. The number of amides is 1. The monoisotopic (exact) mass is 543 g/mol. The second-order valence-electron chi connectivity index (χ2n) is 10.5. The molecule has 0 atom stereocenters. The maximum Gasteiger partial charge on any atom is 0.317 e. The van der Waals surface area contributed by atoms with Crippen molar-refractivity contribution in [3.63, 3.8) is 0 Å². The number of ketones is 1. The molecule has 0 unspecified atom stereocenters. The molecule has 1 fully saturated rings. The van der Waals surface area contributed by atoms with E-state index < -0.39 is 11.9 Å². The molecule has 0 aromatic heterocycles. The van der Waals surface area contributed by atoms with E-state index in [1.54, 1.807) is 0 Å². The predicted molar refractivity (Wildman–Crippen MR) is 145 cm³/mol. The third-order valence-electron chi connectivity index (χ3n) is 6.36. The van der Waals surface area contributed by atoms with Gasteiger partial charge in [-0.3, -0.25) is 38.8 Å². The number of aliphatic carboxylic acids is 2. The number of nitrogens with one attached hydrogen (secondary N) is 1. The van der Waals surface area contributed by atoms with Crippen molar-refractivity contribution in [2.24, 2.45) is 0 Å². The Morgan fingerprint density at radius 2 is 1.03 bits per heavy atom.